The van der Waals surface area contributed by atoms with Crippen LogP contribution in [0.25, 0.3) is 0 Å². The first-order valence-electron chi connectivity index (χ1n) is 5.01. The SMILES string of the molecule is COc1cccnc1C(NN)c1cn[nH]c1N. The Morgan fingerprint density at radius 3 is 2.94 bits per heavy atom. The van der Waals surface area contributed by atoms with Crippen molar-refractivity contribution < 1.29 is 4.74 Å². The van der Waals surface area contributed by atoms with Crippen molar-refractivity contribution in [2.24, 2.45) is 5.84 Å². The first-order chi connectivity index (χ1) is 8.27. The van der Waals surface area contributed by atoms with E-state index in [0.717, 1.165) is 5.56 Å². The van der Waals surface area contributed by atoms with Gasteiger partial charge in [-0.25, -0.2) is 5.43 Å². The van der Waals surface area contributed by atoms with Gasteiger partial charge in [-0.3, -0.25) is 15.9 Å². The summed E-state index contributed by atoms with van der Waals surface area (Å²) in [5.41, 5.74) is 9.80. The van der Waals surface area contributed by atoms with E-state index in [0.29, 0.717) is 17.3 Å². The number of anilines is 1. The predicted octanol–water partition coefficient (Wildman–Crippen LogP) is -0.0518. The number of ether oxygens (including phenoxy) is 1. The van der Waals surface area contributed by atoms with Gasteiger partial charge in [0, 0.05) is 11.8 Å². The third-order valence-corrected chi connectivity index (χ3v) is 2.47. The maximum absolute atomic E-state index is 5.76. The number of hydrogen-bond donors (Lipinski definition) is 4. The predicted molar refractivity (Wildman–Crippen MR) is 63.0 cm³/mol. The van der Waals surface area contributed by atoms with Gasteiger partial charge in [0.05, 0.1) is 19.3 Å². The van der Waals surface area contributed by atoms with Crippen molar-refractivity contribution in [1.82, 2.24) is 20.6 Å². The molecule has 0 aliphatic rings. The molecular formula is C10H14N6O. The van der Waals surface area contributed by atoms with Gasteiger partial charge in [0.1, 0.15) is 17.3 Å². The van der Waals surface area contributed by atoms with E-state index in [9.17, 15) is 0 Å². The average molecular weight is 234 g/mol. The van der Waals surface area contributed by atoms with Crippen LogP contribution in [0.1, 0.15) is 17.3 Å². The summed E-state index contributed by atoms with van der Waals surface area (Å²) in [6.07, 6.45) is 3.27. The summed E-state index contributed by atoms with van der Waals surface area (Å²) >= 11 is 0. The van der Waals surface area contributed by atoms with Gasteiger partial charge >= 0.3 is 0 Å². The Morgan fingerprint density at radius 1 is 1.53 bits per heavy atom. The summed E-state index contributed by atoms with van der Waals surface area (Å²) < 4.78 is 5.24. The molecule has 7 heteroatoms. The highest BCUT2D eigenvalue weighted by atomic mass is 16.5. The fourth-order valence-corrected chi connectivity index (χ4v) is 1.64. The molecule has 0 fully saturated rings. The van der Waals surface area contributed by atoms with Crippen LogP contribution in [0.3, 0.4) is 0 Å². The van der Waals surface area contributed by atoms with Crippen molar-refractivity contribution in [3.05, 3.63) is 35.8 Å². The molecule has 0 bridgehead atoms. The number of aromatic amines is 1. The molecular weight excluding hydrogens is 220 g/mol. The zero-order chi connectivity index (χ0) is 12.3. The van der Waals surface area contributed by atoms with E-state index in [4.69, 9.17) is 16.3 Å². The zero-order valence-corrected chi connectivity index (χ0v) is 9.34. The monoisotopic (exact) mass is 234 g/mol. The Labute approximate surface area is 98.1 Å². The van der Waals surface area contributed by atoms with Crippen LogP contribution in [-0.2, 0) is 0 Å². The van der Waals surface area contributed by atoms with Gasteiger partial charge in [-0.15, -0.1) is 0 Å². The second-order valence-corrected chi connectivity index (χ2v) is 3.43. The highest BCUT2D eigenvalue weighted by Crippen LogP contribution is 2.29. The number of hydrazine groups is 1. The summed E-state index contributed by atoms with van der Waals surface area (Å²) in [6, 6.07) is 3.22. The maximum Gasteiger partial charge on any atom is 0.142 e. The van der Waals surface area contributed by atoms with Gasteiger partial charge in [0.2, 0.25) is 0 Å². The molecule has 0 radical (unpaired) electrons. The maximum atomic E-state index is 5.76. The number of nitrogens with two attached hydrogens (primary N) is 2. The molecule has 2 aromatic rings. The van der Waals surface area contributed by atoms with Crippen molar-refractivity contribution in [2.75, 3.05) is 12.8 Å². The lowest BCUT2D eigenvalue weighted by molar-refractivity contribution is 0.400. The molecule has 90 valence electrons. The van der Waals surface area contributed by atoms with Gasteiger partial charge in [-0.2, -0.15) is 5.10 Å². The first kappa shape index (κ1) is 11.4. The molecule has 7 nitrogen and oxygen atoms in total. The minimum absolute atomic E-state index is 0.370. The summed E-state index contributed by atoms with van der Waals surface area (Å²) in [6.45, 7) is 0. The molecule has 0 spiro atoms. The minimum atomic E-state index is -0.370. The molecule has 0 saturated heterocycles. The average Bonchev–Trinajstić information content (AvgIpc) is 2.78. The number of nitrogens with one attached hydrogen (secondary N) is 2. The van der Waals surface area contributed by atoms with Gasteiger partial charge < -0.3 is 10.5 Å². The molecule has 2 aromatic heterocycles. The summed E-state index contributed by atoms with van der Waals surface area (Å²) in [5, 5.41) is 6.51. The molecule has 2 heterocycles. The van der Waals surface area contributed by atoms with Crippen LogP contribution >= 0.6 is 0 Å². The van der Waals surface area contributed by atoms with Crippen molar-refractivity contribution >= 4 is 5.82 Å². The number of H-pyrrole nitrogens is 1. The second kappa shape index (κ2) is 4.81. The van der Waals surface area contributed by atoms with Crippen molar-refractivity contribution in [3.63, 3.8) is 0 Å². The summed E-state index contributed by atoms with van der Waals surface area (Å²) in [5.74, 6) is 6.63. The fraction of sp³-hybridized carbons (Fsp3) is 0.200. The van der Waals surface area contributed by atoms with E-state index < -0.39 is 0 Å². The number of pyridine rings is 1. The Morgan fingerprint density at radius 2 is 2.35 bits per heavy atom. The smallest absolute Gasteiger partial charge is 0.142 e. The molecule has 2 rings (SSSR count). The lowest BCUT2D eigenvalue weighted by atomic mass is 10.1. The van der Waals surface area contributed by atoms with Crippen molar-refractivity contribution in [2.45, 2.75) is 6.04 Å². The third kappa shape index (κ3) is 2.05. The number of rotatable bonds is 4. The van der Waals surface area contributed by atoms with E-state index in [1.807, 2.05) is 6.07 Å². The van der Waals surface area contributed by atoms with Crippen LogP contribution < -0.4 is 21.7 Å². The van der Waals surface area contributed by atoms with Crippen molar-refractivity contribution in [1.29, 1.82) is 0 Å². The molecule has 6 N–H and O–H groups in total. The molecule has 0 aliphatic carbocycles. The lowest BCUT2D eigenvalue weighted by Crippen LogP contribution is -2.30. The largest absolute Gasteiger partial charge is 0.495 e. The number of hydrogen-bond acceptors (Lipinski definition) is 6. The third-order valence-electron chi connectivity index (χ3n) is 2.47. The molecule has 0 aromatic carbocycles. The standard InChI is InChI=1S/C10H14N6O/c1-17-7-3-2-4-13-9(7)8(15-12)6-5-14-16-10(6)11/h2-5,8,15H,12H2,1H3,(H3,11,14,16). The van der Waals surface area contributed by atoms with Crippen LogP contribution in [0.15, 0.2) is 24.5 Å². The quantitative estimate of drug-likeness (QED) is 0.435. The number of methoxy groups -OCH3 is 1. The van der Waals surface area contributed by atoms with Gasteiger partial charge in [-0.05, 0) is 12.1 Å². The minimum Gasteiger partial charge on any atom is -0.495 e. The van der Waals surface area contributed by atoms with E-state index in [1.165, 1.54) is 0 Å². The van der Waals surface area contributed by atoms with Crippen LogP contribution in [0.4, 0.5) is 5.82 Å². The number of nitrogen functional groups attached to an aromatic ring is 1. The second-order valence-electron chi connectivity index (χ2n) is 3.43. The van der Waals surface area contributed by atoms with E-state index in [2.05, 4.69) is 20.6 Å². The molecule has 1 unspecified atom stereocenters. The summed E-state index contributed by atoms with van der Waals surface area (Å²) in [7, 11) is 1.58. The normalized spacial score (nSPS) is 12.4. The van der Waals surface area contributed by atoms with Crippen molar-refractivity contribution in [3.8, 4) is 5.75 Å². The lowest BCUT2D eigenvalue weighted by Gasteiger charge is -2.16. The van der Waals surface area contributed by atoms with E-state index >= 15 is 0 Å². The Kier molecular flexibility index (Phi) is 3.22. The van der Waals surface area contributed by atoms with E-state index in [1.54, 1.807) is 25.6 Å². The first-order valence-corrected chi connectivity index (χ1v) is 5.01. The highest BCUT2D eigenvalue weighted by Gasteiger charge is 2.21. The molecule has 0 aliphatic heterocycles. The number of aromatic nitrogens is 3. The van der Waals surface area contributed by atoms with Crippen LogP contribution in [0.5, 0.6) is 5.75 Å². The van der Waals surface area contributed by atoms with Gasteiger partial charge in [-0.1, -0.05) is 0 Å². The van der Waals surface area contributed by atoms with Crippen LogP contribution in [0, 0.1) is 0 Å². The molecule has 0 saturated carbocycles. The Hall–Kier alpha value is -2.12. The highest BCUT2D eigenvalue weighted by molar-refractivity contribution is 5.45. The Bertz CT molecular complexity index is 497. The molecule has 1 atom stereocenters. The van der Waals surface area contributed by atoms with E-state index in [-0.39, 0.29) is 6.04 Å². The zero-order valence-electron chi connectivity index (χ0n) is 9.34. The van der Waals surface area contributed by atoms with Gasteiger partial charge in [0.15, 0.2) is 0 Å². The fourth-order valence-electron chi connectivity index (χ4n) is 1.64. The Balaban J connectivity index is 2.46. The molecule has 0 amide bonds. The van der Waals surface area contributed by atoms with Gasteiger partial charge in [0.25, 0.3) is 0 Å². The van der Waals surface area contributed by atoms with Crippen LogP contribution in [-0.4, -0.2) is 22.3 Å². The topological polar surface area (TPSA) is 115 Å². The molecule has 17 heavy (non-hydrogen) atoms. The number of nitrogens with zero attached hydrogens (tertiary/aromatic N) is 2. The summed E-state index contributed by atoms with van der Waals surface area (Å²) in [4.78, 5) is 4.25. The van der Waals surface area contributed by atoms with Crippen LogP contribution in [0.2, 0.25) is 0 Å².